The summed E-state index contributed by atoms with van der Waals surface area (Å²) < 4.78 is 28.1. The maximum absolute atomic E-state index is 12.3. The number of nitrogens with one attached hydrogen (secondary N) is 1. The number of methoxy groups -OCH3 is 1. The molecule has 0 radical (unpaired) electrons. The Hall–Kier alpha value is -2.42. The summed E-state index contributed by atoms with van der Waals surface area (Å²) in [5.74, 6) is 0.199. The monoisotopic (exact) mass is 422 g/mol. The Morgan fingerprint density at radius 1 is 1.19 bits per heavy atom. The van der Waals surface area contributed by atoms with Crippen molar-refractivity contribution in [1.82, 2.24) is 4.98 Å². The van der Waals surface area contributed by atoms with Crippen molar-refractivity contribution in [3.05, 3.63) is 58.4 Å². The molecule has 1 heterocycles. The van der Waals surface area contributed by atoms with E-state index in [-0.39, 0.29) is 10.8 Å². The Labute approximate surface area is 165 Å². The van der Waals surface area contributed by atoms with Crippen LogP contribution in [0, 0.1) is 0 Å². The van der Waals surface area contributed by atoms with Gasteiger partial charge in [-0.3, -0.25) is 10.1 Å². The highest BCUT2D eigenvalue weighted by molar-refractivity contribution is 7.90. The van der Waals surface area contributed by atoms with Gasteiger partial charge in [-0.15, -0.1) is 11.3 Å². The minimum absolute atomic E-state index is 0.159. The summed E-state index contributed by atoms with van der Waals surface area (Å²) >= 11 is 7.41. The van der Waals surface area contributed by atoms with Gasteiger partial charge in [0.15, 0.2) is 15.0 Å². The molecule has 2 aromatic carbocycles. The molecule has 0 unspecified atom stereocenters. The number of ether oxygens (including phenoxy) is 1. The lowest BCUT2D eigenvalue weighted by molar-refractivity contribution is 0.102. The number of nitrogens with zero attached hydrogens (tertiary/aromatic N) is 1. The molecule has 3 rings (SSSR count). The summed E-state index contributed by atoms with van der Waals surface area (Å²) in [6.45, 7) is 0. The van der Waals surface area contributed by atoms with Crippen LogP contribution in [0.3, 0.4) is 0 Å². The third-order valence-electron chi connectivity index (χ3n) is 3.72. The number of benzene rings is 2. The van der Waals surface area contributed by atoms with Crippen LogP contribution in [0.5, 0.6) is 5.75 Å². The number of carbonyl (C=O) groups is 1. The largest absolute Gasteiger partial charge is 0.495 e. The molecule has 27 heavy (non-hydrogen) atoms. The number of sulfone groups is 1. The molecular formula is C18H15ClN2O4S2. The lowest BCUT2D eigenvalue weighted by Crippen LogP contribution is -2.11. The van der Waals surface area contributed by atoms with E-state index in [0.29, 0.717) is 27.2 Å². The van der Waals surface area contributed by atoms with E-state index in [9.17, 15) is 13.2 Å². The van der Waals surface area contributed by atoms with E-state index >= 15 is 0 Å². The van der Waals surface area contributed by atoms with E-state index in [2.05, 4.69) is 10.3 Å². The predicted octanol–water partition coefficient (Wildman–Crippen LogP) is 4.13. The fourth-order valence-electron chi connectivity index (χ4n) is 2.31. The number of thiazole rings is 1. The summed E-state index contributed by atoms with van der Waals surface area (Å²) in [5.41, 5.74) is 1.81. The van der Waals surface area contributed by atoms with Crippen molar-refractivity contribution in [3.63, 3.8) is 0 Å². The molecule has 0 spiro atoms. The minimum Gasteiger partial charge on any atom is -0.495 e. The fourth-order valence-corrected chi connectivity index (χ4v) is 3.92. The molecule has 1 amide bonds. The van der Waals surface area contributed by atoms with Crippen molar-refractivity contribution >= 4 is 43.8 Å². The molecule has 9 heteroatoms. The highest BCUT2D eigenvalue weighted by Gasteiger charge is 2.13. The highest BCUT2D eigenvalue weighted by atomic mass is 35.5. The van der Waals surface area contributed by atoms with Crippen molar-refractivity contribution in [2.24, 2.45) is 0 Å². The topological polar surface area (TPSA) is 85.4 Å². The molecular weight excluding hydrogens is 408 g/mol. The Morgan fingerprint density at radius 3 is 2.48 bits per heavy atom. The zero-order chi connectivity index (χ0) is 19.6. The Morgan fingerprint density at radius 2 is 1.89 bits per heavy atom. The first kappa shape index (κ1) is 19.3. The van der Waals surface area contributed by atoms with Crippen LogP contribution in [0.15, 0.2) is 52.7 Å². The zero-order valence-electron chi connectivity index (χ0n) is 14.4. The van der Waals surface area contributed by atoms with Gasteiger partial charge in [0.05, 0.1) is 22.7 Å². The van der Waals surface area contributed by atoms with Crippen molar-refractivity contribution in [3.8, 4) is 17.0 Å². The quantitative estimate of drug-likeness (QED) is 0.668. The van der Waals surface area contributed by atoms with Crippen molar-refractivity contribution in [1.29, 1.82) is 0 Å². The molecule has 0 atom stereocenters. The molecule has 0 bridgehead atoms. The van der Waals surface area contributed by atoms with Crippen molar-refractivity contribution in [2.45, 2.75) is 4.90 Å². The van der Waals surface area contributed by atoms with Crippen molar-refractivity contribution in [2.75, 3.05) is 18.7 Å². The van der Waals surface area contributed by atoms with E-state index < -0.39 is 9.84 Å². The maximum atomic E-state index is 12.3. The van der Waals surface area contributed by atoms with Crippen LogP contribution in [0.25, 0.3) is 11.3 Å². The van der Waals surface area contributed by atoms with Crippen LogP contribution < -0.4 is 10.1 Å². The lowest BCUT2D eigenvalue weighted by Gasteiger charge is -2.04. The molecule has 0 aliphatic heterocycles. The van der Waals surface area contributed by atoms with Gasteiger partial charge in [0, 0.05) is 22.8 Å². The smallest absolute Gasteiger partial charge is 0.257 e. The number of aromatic nitrogens is 1. The molecule has 1 aromatic heterocycles. The molecule has 6 nitrogen and oxygen atoms in total. The number of anilines is 1. The number of hydrogen-bond donors (Lipinski definition) is 1. The van der Waals surface area contributed by atoms with Gasteiger partial charge in [0.1, 0.15) is 5.75 Å². The molecule has 0 fully saturated rings. The van der Waals surface area contributed by atoms with Gasteiger partial charge < -0.3 is 4.74 Å². The van der Waals surface area contributed by atoms with Gasteiger partial charge in [-0.05, 0) is 42.5 Å². The lowest BCUT2D eigenvalue weighted by atomic mass is 10.2. The molecule has 0 aliphatic rings. The molecule has 3 aromatic rings. The van der Waals surface area contributed by atoms with Crippen LogP contribution in [0.4, 0.5) is 5.13 Å². The first-order valence-electron chi connectivity index (χ1n) is 7.69. The highest BCUT2D eigenvalue weighted by Crippen LogP contribution is 2.31. The standard InChI is InChI=1S/C18H15ClN2O4S2/c1-25-16-8-5-12(9-14(16)19)15-10-26-18(20-15)21-17(22)11-3-6-13(7-4-11)27(2,23)24/h3-10H,1-2H3,(H,20,21,22). The average Bonchev–Trinajstić information content (AvgIpc) is 3.09. The molecule has 1 N–H and O–H groups in total. The van der Waals surface area contributed by atoms with Crippen LogP contribution in [-0.2, 0) is 9.84 Å². The van der Waals surface area contributed by atoms with Gasteiger partial charge in [-0.1, -0.05) is 11.6 Å². The van der Waals surface area contributed by atoms with Gasteiger partial charge >= 0.3 is 0 Å². The van der Waals surface area contributed by atoms with Crippen LogP contribution in [0.2, 0.25) is 5.02 Å². The maximum Gasteiger partial charge on any atom is 0.257 e. The SMILES string of the molecule is COc1ccc(-c2csc(NC(=O)c3ccc(S(C)(=O)=O)cc3)n2)cc1Cl. The summed E-state index contributed by atoms with van der Waals surface area (Å²) in [6, 6.07) is 11.0. The number of amides is 1. The van der Waals surface area contributed by atoms with E-state index in [4.69, 9.17) is 16.3 Å². The second-order valence-corrected chi connectivity index (χ2v) is 8.92. The zero-order valence-corrected chi connectivity index (χ0v) is 16.8. The molecule has 0 saturated heterocycles. The van der Waals surface area contributed by atoms with E-state index in [1.807, 2.05) is 6.07 Å². The second-order valence-electron chi connectivity index (χ2n) is 5.64. The number of hydrogen-bond acceptors (Lipinski definition) is 6. The number of halogens is 1. The minimum atomic E-state index is -3.30. The van der Waals surface area contributed by atoms with E-state index in [1.165, 1.54) is 35.6 Å². The second kappa shape index (κ2) is 7.67. The number of carbonyl (C=O) groups excluding carboxylic acids is 1. The van der Waals surface area contributed by atoms with Gasteiger partial charge in [0.2, 0.25) is 0 Å². The third-order valence-corrected chi connectivity index (χ3v) is 5.90. The third kappa shape index (κ3) is 4.47. The van der Waals surface area contributed by atoms with E-state index in [0.717, 1.165) is 11.8 Å². The van der Waals surface area contributed by atoms with Gasteiger partial charge in [-0.2, -0.15) is 0 Å². The first-order valence-corrected chi connectivity index (χ1v) is 10.8. The molecule has 140 valence electrons. The summed E-state index contributed by atoms with van der Waals surface area (Å²) in [5, 5.41) is 5.41. The van der Waals surface area contributed by atoms with Gasteiger partial charge in [0.25, 0.3) is 5.91 Å². The molecule has 0 saturated carbocycles. The van der Waals surface area contributed by atoms with Crippen LogP contribution >= 0.6 is 22.9 Å². The predicted molar refractivity (Wildman–Crippen MR) is 107 cm³/mol. The summed E-state index contributed by atoms with van der Waals surface area (Å²) in [6.07, 6.45) is 1.12. The van der Waals surface area contributed by atoms with E-state index in [1.54, 1.807) is 24.6 Å². The molecule has 0 aliphatic carbocycles. The Bertz CT molecular complexity index is 1090. The average molecular weight is 423 g/mol. The van der Waals surface area contributed by atoms with Crippen molar-refractivity contribution < 1.29 is 17.9 Å². The summed E-state index contributed by atoms with van der Waals surface area (Å²) in [7, 11) is -1.76. The fraction of sp³-hybridized carbons (Fsp3) is 0.111. The Kier molecular flexibility index (Phi) is 5.50. The normalized spacial score (nSPS) is 11.2. The summed E-state index contributed by atoms with van der Waals surface area (Å²) in [4.78, 5) is 16.9. The van der Waals surface area contributed by atoms with Crippen LogP contribution in [-0.4, -0.2) is 32.7 Å². The first-order chi connectivity index (χ1) is 12.8. The van der Waals surface area contributed by atoms with Crippen LogP contribution in [0.1, 0.15) is 10.4 Å². The van der Waals surface area contributed by atoms with Gasteiger partial charge in [-0.25, -0.2) is 13.4 Å². The Balaban J connectivity index is 1.75. The number of rotatable bonds is 5.